The lowest BCUT2D eigenvalue weighted by Gasteiger charge is -1.98. The fourth-order valence-electron chi connectivity index (χ4n) is 0.643. The maximum atomic E-state index is 11.1. The molecule has 5 nitrogen and oxygen atoms in total. The zero-order chi connectivity index (χ0) is 10.8. The number of halogens is 1. The number of anilines is 1. The molecule has 78 valence electrons. The highest BCUT2D eigenvalue weighted by atomic mass is 79.9. The van der Waals surface area contributed by atoms with Crippen LogP contribution in [0.1, 0.15) is 17.4 Å². The summed E-state index contributed by atoms with van der Waals surface area (Å²) in [5.74, 6) is -0.189. The Hall–Kier alpha value is -0.470. The van der Waals surface area contributed by atoms with E-state index in [1.165, 1.54) is 12.3 Å². The minimum atomic E-state index is -3.38. The molecule has 0 radical (unpaired) electrons. The molecule has 0 aliphatic rings. The quantitative estimate of drug-likeness (QED) is 0.674. The molecule has 1 N–H and O–H groups in total. The third-order valence-electron chi connectivity index (χ3n) is 1.25. The molecular weight excluding hydrogens is 292 g/mol. The van der Waals surface area contributed by atoms with Crippen molar-refractivity contribution in [3.8, 4) is 0 Å². The van der Waals surface area contributed by atoms with Gasteiger partial charge in [-0.1, -0.05) is 15.9 Å². The number of thiazole rings is 1. The summed E-state index contributed by atoms with van der Waals surface area (Å²) >= 11 is 3.90. The van der Waals surface area contributed by atoms with Crippen molar-refractivity contribution in [3.63, 3.8) is 0 Å². The van der Waals surface area contributed by atoms with Gasteiger partial charge in [0, 0.05) is 12.3 Å². The van der Waals surface area contributed by atoms with E-state index in [0.717, 1.165) is 11.3 Å². The Bertz CT molecular complexity index is 440. The zero-order valence-corrected chi connectivity index (χ0v) is 10.4. The molecule has 0 saturated heterocycles. The van der Waals surface area contributed by atoms with Crippen LogP contribution in [-0.2, 0) is 10.0 Å². The van der Waals surface area contributed by atoms with Crippen molar-refractivity contribution in [1.29, 1.82) is 0 Å². The van der Waals surface area contributed by atoms with E-state index in [4.69, 9.17) is 0 Å². The molecule has 1 rings (SSSR count). The van der Waals surface area contributed by atoms with Gasteiger partial charge in [-0.05, 0) is 0 Å². The number of hydrogen-bond donors (Lipinski definition) is 1. The Morgan fingerprint density at radius 2 is 2.36 bits per heavy atom. The summed E-state index contributed by atoms with van der Waals surface area (Å²) in [6.07, 6.45) is 0. The molecule has 0 aliphatic carbocycles. The topological polar surface area (TPSA) is 76.1 Å². The number of ketones is 1. The van der Waals surface area contributed by atoms with Crippen LogP contribution in [0.15, 0.2) is 5.38 Å². The third kappa shape index (κ3) is 3.03. The normalized spacial score (nSPS) is 11.3. The van der Waals surface area contributed by atoms with Crippen molar-refractivity contribution in [2.24, 2.45) is 0 Å². The first kappa shape index (κ1) is 11.6. The number of alkyl halides is 1. The van der Waals surface area contributed by atoms with Gasteiger partial charge >= 0.3 is 0 Å². The van der Waals surface area contributed by atoms with E-state index < -0.39 is 10.0 Å². The molecule has 0 aromatic carbocycles. The van der Waals surface area contributed by atoms with Gasteiger partial charge in [-0.15, -0.1) is 11.3 Å². The molecule has 0 aliphatic heterocycles. The van der Waals surface area contributed by atoms with Crippen molar-refractivity contribution >= 4 is 48.2 Å². The van der Waals surface area contributed by atoms with Crippen molar-refractivity contribution in [1.82, 2.24) is 4.98 Å². The molecule has 1 heterocycles. The third-order valence-corrected chi connectivity index (χ3v) is 4.74. The standard InChI is InChI=1S/C6H7BrN2O3S2/c1-4(10)5-2-13-6(8-5)9-14(11,12)3-7/h2H,3H2,1H3,(H,8,9). The summed E-state index contributed by atoms with van der Waals surface area (Å²) in [4.78, 5) is 14.7. The van der Waals surface area contributed by atoms with E-state index in [2.05, 4.69) is 25.6 Å². The Morgan fingerprint density at radius 1 is 1.71 bits per heavy atom. The molecule has 8 heteroatoms. The van der Waals surface area contributed by atoms with Crippen LogP contribution < -0.4 is 4.72 Å². The highest BCUT2D eigenvalue weighted by molar-refractivity contribution is 9.10. The maximum absolute atomic E-state index is 11.1. The Labute approximate surface area is 93.7 Å². The second kappa shape index (κ2) is 4.37. The van der Waals surface area contributed by atoms with E-state index in [0.29, 0.717) is 0 Å². The fraction of sp³-hybridized carbons (Fsp3) is 0.333. The number of Topliss-reactive ketones (excluding diaryl/α,β-unsaturated/α-hetero) is 1. The molecule has 14 heavy (non-hydrogen) atoms. The van der Waals surface area contributed by atoms with Gasteiger partial charge < -0.3 is 0 Å². The first-order valence-corrected chi connectivity index (χ1v) is 7.13. The van der Waals surface area contributed by atoms with Crippen LogP contribution >= 0.6 is 27.3 Å². The van der Waals surface area contributed by atoms with Crippen molar-refractivity contribution in [2.75, 3.05) is 9.38 Å². The number of nitrogens with zero attached hydrogens (tertiary/aromatic N) is 1. The molecule has 0 unspecified atom stereocenters. The van der Waals surface area contributed by atoms with Gasteiger partial charge in [0.2, 0.25) is 10.0 Å². The van der Waals surface area contributed by atoms with Gasteiger partial charge in [0.1, 0.15) is 10.4 Å². The molecule has 0 saturated carbocycles. The Kier molecular flexibility index (Phi) is 3.62. The van der Waals surface area contributed by atoms with E-state index in [9.17, 15) is 13.2 Å². The number of rotatable bonds is 4. The van der Waals surface area contributed by atoms with Gasteiger partial charge in [0.05, 0.1) is 0 Å². The van der Waals surface area contributed by atoms with Gasteiger partial charge in [-0.25, -0.2) is 13.4 Å². The SMILES string of the molecule is CC(=O)c1csc(NS(=O)(=O)CBr)n1. The lowest BCUT2D eigenvalue weighted by atomic mass is 10.4. The molecule has 0 spiro atoms. The molecule has 1 aromatic heterocycles. The summed E-state index contributed by atoms with van der Waals surface area (Å²) in [5.41, 5.74) is 0.266. The van der Waals surface area contributed by atoms with Crippen LogP contribution in [0, 0.1) is 0 Å². The van der Waals surface area contributed by atoms with E-state index in [-0.39, 0.29) is 21.3 Å². The number of hydrogen-bond acceptors (Lipinski definition) is 5. The monoisotopic (exact) mass is 298 g/mol. The fourth-order valence-corrected chi connectivity index (χ4v) is 2.52. The lowest BCUT2D eigenvalue weighted by molar-refractivity contribution is 0.101. The second-order valence-corrected chi connectivity index (χ2v) is 6.30. The summed E-state index contributed by atoms with van der Waals surface area (Å²) in [6, 6.07) is 0. The summed E-state index contributed by atoms with van der Waals surface area (Å²) in [7, 11) is -3.38. The molecule has 0 fully saturated rings. The van der Waals surface area contributed by atoms with Crippen LogP contribution in [0.3, 0.4) is 0 Å². The highest BCUT2D eigenvalue weighted by Crippen LogP contribution is 2.17. The van der Waals surface area contributed by atoms with Crippen molar-refractivity contribution in [3.05, 3.63) is 11.1 Å². The lowest BCUT2D eigenvalue weighted by Crippen LogP contribution is -2.13. The van der Waals surface area contributed by atoms with Gasteiger partial charge in [0.25, 0.3) is 0 Å². The summed E-state index contributed by atoms with van der Waals surface area (Å²) < 4.78 is 24.2. The first-order valence-electron chi connectivity index (χ1n) is 3.47. The average Bonchev–Trinajstić information content (AvgIpc) is 2.52. The van der Waals surface area contributed by atoms with Crippen LogP contribution in [0.4, 0.5) is 5.13 Å². The minimum absolute atomic E-state index is 0.189. The Morgan fingerprint density at radius 3 is 2.79 bits per heavy atom. The summed E-state index contributed by atoms with van der Waals surface area (Å²) in [6.45, 7) is 1.37. The van der Waals surface area contributed by atoms with Gasteiger partial charge in [-0.3, -0.25) is 9.52 Å². The van der Waals surface area contributed by atoms with Crippen molar-refractivity contribution in [2.45, 2.75) is 6.92 Å². The molecule has 1 aromatic rings. The largest absolute Gasteiger partial charge is 0.293 e. The van der Waals surface area contributed by atoms with Gasteiger partial charge in [0.15, 0.2) is 10.9 Å². The molecule has 0 amide bonds. The van der Waals surface area contributed by atoms with Crippen LogP contribution in [0.25, 0.3) is 0 Å². The number of aromatic nitrogens is 1. The predicted octanol–water partition coefficient (Wildman–Crippen LogP) is 1.44. The maximum Gasteiger partial charge on any atom is 0.244 e. The number of nitrogens with one attached hydrogen (secondary N) is 1. The highest BCUT2D eigenvalue weighted by Gasteiger charge is 2.12. The minimum Gasteiger partial charge on any atom is -0.293 e. The number of sulfonamides is 1. The molecular formula is C6H7BrN2O3S2. The number of carbonyl (C=O) groups is 1. The smallest absolute Gasteiger partial charge is 0.244 e. The van der Waals surface area contributed by atoms with Crippen molar-refractivity contribution < 1.29 is 13.2 Å². The number of carbonyl (C=O) groups excluding carboxylic acids is 1. The van der Waals surface area contributed by atoms with Crippen LogP contribution in [-0.4, -0.2) is 23.8 Å². The first-order chi connectivity index (χ1) is 6.44. The molecule has 0 bridgehead atoms. The van der Waals surface area contributed by atoms with Crippen LogP contribution in [0.5, 0.6) is 0 Å². The molecule has 0 atom stereocenters. The van der Waals surface area contributed by atoms with E-state index in [1.54, 1.807) is 0 Å². The van der Waals surface area contributed by atoms with E-state index >= 15 is 0 Å². The van der Waals surface area contributed by atoms with Crippen LogP contribution in [0.2, 0.25) is 0 Å². The van der Waals surface area contributed by atoms with Gasteiger partial charge in [-0.2, -0.15) is 0 Å². The zero-order valence-electron chi connectivity index (χ0n) is 7.15. The average molecular weight is 299 g/mol. The van der Waals surface area contributed by atoms with E-state index in [1.807, 2.05) is 0 Å². The second-order valence-electron chi connectivity index (χ2n) is 2.42. The predicted molar refractivity (Wildman–Crippen MR) is 58.5 cm³/mol. The summed E-state index contributed by atoms with van der Waals surface area (Å²) in [5, 5.41) is 1.71. The Balaban J connectivity index is 2.84.